The van der Waals surface area contributed by atoms with Crippen molar-refractivity contribution in [3.63, 3.8) is 0 Å². The zero-order valence-electron chi connectivity index (χ0n) is 43.7. The van der Waals surface area contributed by atoms with Crippen molar-refractivity contribution in [1.82, 2.24) is 0 Å². The normalized spacial score (nSPS) is 45.6. The lowest BCUT2D eigenvalue weighted by molar-refractivity contribution is -0.168. The summed E-state index contributed by atoms with van der Waals surface area (Å²) in [4.78, 5) is 51.1. The van der Waals surface area contributed by atoms with Gasteiger partial charge in [0.15, 0.2) is 0 Å². The third-order valence-corrected chi connectivity index (χ3v) is 24.7. The number of carbonyl (C=O) groups excluding carboxylic acids is 4. The topological polar surface area (TPSA) is 88.5 Å². The Kier molecular flexibility index (Phi) is 13.6. The van der Waals surface area contributed by atoms with Crippen molar-refractivity contribution in [2.75, 3.05) is 0 Å². The maximum absolute atomic E-state index is 13.1. The van der Waals surface area contributed by atoms with E-state index in [4.69, 9.17) is 0 Å². The fourth-order valence-electron chi connectivity index (χ4n) is 20.7. The fraction of sp³-hybridized carbons (Fsp3) is 0.806. The molecule has 12 rings (SSSR count). The second-order valence-electron chi connectivity index (χ2n) is 26.9. The minimum atomic E-state index is -1.44. The second-order valence-corrected chi connectivity index (χ2v) is 32.3. The van der Waals surface area contributed by atoms with E-state index in [0.29, 0.717) is 82.8 Å². The molecule has 0 heterocycles. The Bertz CT molecular complexity index is 2030. The average Bonchev–Trinajstić information content (AvgIpc) is 3.97. The number of rotatable bonds is 5. The molecule has 0 aromatic heterocycles. The van der Waals surface area contributed by atoms with E-state index in [-0.39, 0.29) is 22.2 Å². The molecule has 12 aliphatic rings. The van der Waals surface area contributed by atoms with Gasteiger partial charge in [-0.05, 0) is 219 Å². The van der Waals surface area contributed by atoms with E-state index in [1.54, 1.807) is 16.7 Å². The van der Waals surface area contributed by atoms with Crippen molar-refractivity contribution in [2.45, 2.75) is 225 Å². The molecule has 1 N–H and O–H groups in total. The monoisotopic (exact) mass is 945 g/mol. The first-order valence-corrected chi connectivity index (χ1v) is 32.8. The molecular weight excluding hydrogens is 853 g/mol. The van der Waals surface area contributed by atoms with Crippen LogP contribution in [0.25, 0.3) is 0 Å². The molecule has 0 aromatic carbocycles. The molecule has 68 heavy (non-hydrogen) atoms. The Morgan fingerprint density at radius 1 is 0.544 bits per heavy atom. The maximum Gasteiger partial charge on any atom is 0.139 e. The highest BCUT2D eigenvalue weighted by atomic mass is 28.3. The van der Waals surface area contributed by atoms with Crippen LogP contribution >= 0.6 is 0 Å². The van der Waals surface area contributed by atoms with Crippen molar-refractivity contribution in [2.24, 2.45) is 87.3 Å². The molecule has 9 fully saturated rings. The summed E-state index contributed by atoms with van der Waals surface area (Å²) in [5.41, 5.74) is 5.25. The Labute approximate surface area is 413 Å². The molecule has 12 aliphatic carbocycles. The van der Waals surface area contributed by atoms with Crippen LogP contribution in [0.15, 0.2) is 47.1 Å². The summed E-state index contributed by atoms with van der Waals surface area (Å²) in [5, 5.41) is 12.3. The third kappa shape index (κ3) is 7.96. The van der Waals surface area contributed by atoms with Gasteiger partial charge in [-0.15, -0.1) is 0 Å². The molecule has 9 saturated carbocycles. The lowest BCUT2D eigenvalue weighted by atomic mass is 9.47. The predicted octanol–water partition coefficient (Wildman–Crippen LogP) is 14.7. The molecule has 0 radical (unpaired) electrons. The van der Waals surface area contributed by atoms with Crippen LogP contribution in [0.3, 0.4) is 0 Å². The number of allylic oxidation sites excluding steroid dienone is 7. The van der Waals surface area contributed by atoms with Crippen LogP contribution in [0.1, 0.15) is 194 Å². The zero-order valence-corrected chi connectivity index (χ0v) is 44.7. The lowest BCUT2D eigenvalue weighted by Crippen LogP contribution is -2.62. The molecule has 0 amide bonds. The van der Waals surface area contributed by atoms with Crippen molar-refractivity contribution in [3.05, 3.63) is 47.1 Å². The van der Waals surface area contributed by atoms with Crippen molar-refractivity contribution < 1.29 is 24.3 Å². The van der Waals surface area contributed by atoms with Gasteiger partial charge in [0.1, 0.15) is 23.1 Å². The summed E-state index contributed by atoms with van der Waals surface area (Å²) >= 11 is 0. The van der Waals surface area contributed by atoms with Gasteiger partial charge < -0.3 is 5.11 Å². The molecule has 0 aromatic rings. The van der Waals surface area contributed by atoms with Crippen LogP contribution in [0, 0.1) is 87.3 Å². The smallest absolute Gasteiger partial charge is 0.139 e. The molecule has 13 unspecified atom stereocenters. The molecule has 374 valence electrons. The first kappa shape index (κ1) is 49.4. The predicted molar refractivity (Wildman–Crippen MR) is 277 cm³/mol. The summed E-state index contributed by atoms with van der Waals surface area (Å²) in [6, 6.07) is 0.965. The standard InChI is InChI=1S/C23H38O2Si.C20H28O.C19H26O2/c1-5-22-14-23(25,15-26(2,3)4)21-17-9-7-6-8-16(17)10-11-18(21)19(22)12-13-20(22)24;1-3-20-12-13(2)19-15-7-5-4-6-14(15)8-9-16(19)17(20)10-11-18(20)21;1-2-19-11-16(20)18-13-6-4-3-5-12(13)7-8-14(18)15(19)9-10-17(19)21/h8,17-19,21,25H,5-7,9-15H2,1-4H3;6,15-17,19H,2-5,7-12H2,1H3;5,13-15,18H,2-4,6-11H2,1H3/t17?,18?,19?,21?,22-,23?;15?,16?,17?,19?,20-;13?,14?,15?,18?,19-/m000/s1. The van der Waals surface area contributed by atoms with Gasteiger partial charge in [-0.2, -0.15) is 0 Å². The van der Waals surface area contributed by atoms with Crippen molar-refractivity contribution in [3.8, 4) is 0 Å². The van der Waals surface area contributed by atoms with Crippen molar-refractivity contribution in [1.29, 1.82) is 0 Å². The van der Waals surface area contributed by atoms with E-state index in [2.05, 4.69) is 65.2 Å². The quantitative estimate of drug-likeness (QED) is 0.219. The highest BCUT2D eigenvalue weighted by Gasteiger charge is 2.66. The Balaban J connectivity index is 0.000000120. The second kappa shape index (κ2) is 18.7. The maximum atomic E-state index is 13.1. The van der Waals surface area contributed by atoms with E-state index >= 15 is 0 Å². The van der Waals surface area contributed by atoms with Crippen LogP contribution in [-0.2, 0) is 19.2 Å². The largest absolute Gasteiger partial charge is 0.390 e. The van der Waals surface area contributed by atoms with Gasteiger partial charge in [0.05, 0.1) is 5.60 Å². The zero-order chi connectivity index (χ0) is 48.0. The minimum absolute atomic E-state index is 0.0197. The van der Waals surface area contributed by atoms with Crippen LogP contribution in [0.2, 0.25) is 25.7 Å². The summed E-state index contributed by atoms with van der Waals surface area (Å²) in [6.07, 6.45) is 37.0. The van der Waals surface area contributed by atoms with Crippen LogP contribution in [0.5, 0.6) is 0 Å². The molecular formula is C62H92O5Si. The van der Waals surface area contributed by atoms with Crippen molar-refractivity contribution >= 4 is 31.2 Å². The summed E-state index contributed by atoms with van der Waals surface area (Å²) < 4.78 is 0. The number of hydrogen-bond donors (Lipinski definition) is 1. The first-order valence-electron chi connectivity index (χ1n) is 29.1. The Morgan fingerprint density at radius 2 is 0.971 bits per heavy atom. The number of aliphatic hydroxyl groups is 1. The summed E-state index contributed by atoms with van der Waals surface area (Å²) in [7, 11) is -1.44. The molecule has 6 heteroatoms. The van der Waals surface area contributed by atoms with Crippen LogP contribution < -0.4 is 0 Å². The van der Waals surface area contributed by atoms with E-state index in [9.17, 15) is 24.3 Å². The molecule has 0 spiro atoms. The SMILES string of the molecule is C=C1C[C@]2(CC)C(=O)CCC2C2CCC3=CCCCC3C12.CC[C@]12CC(=O)C3C4CCCC=C4CCC3C1CCC2=O.CC[C@]12CC(O)(C[Si](C)(C)C)C3C4CCCC=C4CCC3C1CCC2=O. The van der Waals surface area contributed by atoms with Gasteiger partial charge in [-0.25, -0.2) is 0 Å². The van der Waals surface area contributed by atoms with Gasteiger partial charge in [-0.1, -0.05) is 87.5 Å². The highest BCUT2D eigenvalue weighted by molar-refractivity contribution is 6.76. The molecule has 0 bridgehead atoms. The van der Waals surface area contributed by atoms with E-state index in [0.717, 1.165) is 94.9 Å². The number of ketones is 4. The Morgan fingerprint density at radius 3 is 1.49 bits per heavy atom. The number of hydrogen-bond acceptors (Lipinski definition) is 5. The summed E-state index contributed by atoms with van der Waals surface area (Å²) in [5.74, 6) is 8.60. The van der Waals surface area contributed by atoms with Gasteiger partial charge in [0, 0.05) is 55.9 Å². The summed E-state index contributed by atoms with van der Waals surface area (Å²) in [6.45, 7) is 18.2. The minimum Gasteiger partial charge on any atom is -0.390 e. The molecule has 0 saturated heterocycles. The number of fused-ring (bicyclic) bond motifs is 15. The lowest BCUT2D eigenvalue weighted by Gasteiger charge is -2.61. The van der Waals surface area contributed by atoms with Crippen LogP contribution in [-0.4, -0.2) is 41.9 Å². The molecule has 5 nitrogen and oxygen atoms in total. The first-order chi connectivity index (χ1) is 32.5. The molecule has 16 atom stereocenters. The van der Waals surface area contributed by atoms with E-state index in [1.165, 1.54) is 95.5 Å². The fourth-order valence-corrected chi connectivity index (χ4v) is 22.9. The van der Waals surface area contributed by atoms with Crippen LogP contribution in [0.4, 0.5) is 0 Å². The average molecular weight is 945 g/mol. The van der Waals surface area contributed by atoms with Gasteiger partial charge >= 0.3 is 0 Å². The molecule has 0 aliphatic heterocycles. The van der Waals surface area contributed by atoms with E-state index < -0.39 is 13.7 Å². The number of carbonyl (C=O) groups is 4. The highest BCUT2D eigenvalue weighted by Crippen LogP contribution is 2.67. The van der Waals surface area contributed by atoms with E-state index in [1.807, 2.05) is 0 Å². The van der Waals surface area contributed by atoms with Gasteiger partial charge in [-0.3, -0.25) is 19.2 Å². The Hall–Kier alpha value is -2.18. The third-order valence-electron chi connectivity index (χ3n) is 23.0. The van der Waals surface area contributed by atoms with Gasteiger partial charge in [0.25, 0.3) is 0 Å². The number of Topliss-reactive ketones (excluding diaryl/α,β-unsaturated/α-hetero) is 4. The van der Waals surface area contributed by atoms with Gasteiger partial charge in [0.2, 0.25) is 0 Å².